The highest BCUT2D eigenvalue weighted by atomic mass is 16.6. The maximum Gasteiger partial charge on any atom is 0.343 e. The number of allylic oxidation sites excluding steroid dienone is 1. The Bertz CT molecular complexity index is 1760. The van der Waals surface area contributed by atoms with Crippen molar-refractivity contribution in [2.45, 2.75) is 20.8 Å². The number of carbonyl (C=O) groups is 2. The van der Waals surface area contributed by atoms with Crippen LogP contribution in [0.5, 0.6) is 11.5 Å². The van der Waals surface area contributed by atoms with Crippen molar-refractivity contribution in [3.05, 3.63) is 130 Å². The van der Waals surface area contributed by atoms with Crippen LogP contribution >= 0.6 is 0 Å². The van der Waals surface area contributed by atoms with Gasteiger partial charge in [-0.15, -0.1) is 10.2 Å². The first-order chi connectivity index (χ1) is 21.8. The Morgan fingerprint density at radius 1 is 0.800 bits per heavy atom. The summed E-state index contributed by atoms with van der Waals surface area (Å²) >= 11 is 0. The second-order valence-electron chi connectivity index (χ2n) is 9.61. The van der Waals surface area contributed by atoms with Crippen molar-refractivity contribution in [2.24, 2.45) is 10.2 Å². The molecule has 0 heterocycles. The number of benzene rings is 4. The normalized spacial score (nSPS) is 11.3. The molecular weight excluding hydrogens is 572 g/mol. The van der Waals surface area contributed by atoms with Crippen LogP contribution in [-0.4, -0.2) is 30.0 Å². The van der Waals surface area contributed by atoms with Gasteiger partial charge in [-0.1, -0.05) is 54.6 Å². The van der Waals surface area contributed by atoms with Gasteiger partial charge in [0.05, 0.1) is 16.6 Å². The highest BCUT2D eigenvalue weighted by Gasteiger charge is 2.18. The van der Waals surface area contributed by atoms with Gasteiger partial charge in [0.2, 0.25) is 0 Å². The third kappa shape index (κ3) is 8.80. The average Bonchev–Trinajstić information content (AvgIpc) is 3.05. The smallest absolute Gasteiger partial charge is 0.343 e. The lowest BCUT2D eigenvalue weighted by Crippen LogP contribution is -2.21. The lowest BCUT2D eigenvalue weighted by molar-refractivity contribution is -0.384. The molecule has 0 aromatic heterocycles. The van der Waals surface area contributed by atoms with Crippen LogP contribution in [0.2, 0.25) is 0 Å². The highest BCUT2D eigenvalue weighted by molar-refractivity contribution is 5.92. The fraction of sp³-hybridized carbons (Fsp3) is 0.143. The quantitative estimate of drug-likeness (QED) is 0.0395. The SMILES string of the molecule is CC=Cc1cccc(C(=O)Oc2cc([N+](=O)[O-])ccc2N=Nc2ccc(N(CC)CC)cc2OC(=O)C=Cc2ccccc2)c1. The number of nitro groups is 1. The van der Waals surface area contributed by atoms with Gasteiger partial charge >= 0.3 is 11.9 Å². The van der Waals surface area contributed by atoms with E-state index in [1.54, 1.807) is 36.4 Å². The van der Waals surface area contributed by atoms with Gasteiger partial charge in [0.25, 0.3) is 5.69 Å². The summed E-state index contributed by atoms with van der Waals surface area (Å²) in [7, 11) is 0. The van der Waals surface area contributed by atoms with Gasteiger partial charge in [-0.25, -0.2) is 9.59 Å². The fourth-order valence-corrected chi connectivity index (χ4v) is 4.33. The first-order valence-electron chi connectivity index (χ1n) is 14.3. The third-order valence-corrected chi connectivity index (χ3v) is 6.60. The van der Waals surface area contributed by atoms with E-state index in [1.165, 1.54) is 18.2 Å². The molecule has 0 bridgehead atoms. The largest absolute Gasteiger partial charge is 0.421 e. The number of rotatable bonds is 12. The average molecular weight is 605 g/mol. The predicted molar refractivity (Wildman–Crippen MR) is 174 cm³/mol. The van der Waals surface area contributed by atoms with Crippen LogP contribution < -0.4 is 14.4 Å². The molecule has 0 amide bonds. The molecule has 4 aromatic carbocycles. The molecule has 0 aliphatic carbocycles. The molecule has 10 nitrogen and oxygen atoms in total. The predicted octanol–water partition coefficient (Wildman–Crippen LogP) is 8.73. The summed E-state index contributed by atoms with van der Waals surface area (Å²) < 4.78 is 11.3. The minimum absolute atomic E-state index is 0.0626. The monoisotopic (exact) mass is 604 g/mol. The molecule has 45 heavy (non-hydrogen) atoms. The van der Waals surface area contributed by atoms with Gasteiger partial charge in [-0.2, -0.15) is 0 Å². The van der Waals surface area contributed by atoms with Crippen molar-refractivity contribution >= 4 is 46.8 Å². The standard InChI is InChI=1S/C35H32N4O6/c1-4-11-26-14-10-15-27(22-26)35(41)45-33-24-29(39(42)43)18-20-31(33)37-36-30-19-17-28(38(5-2)6-3)23-32(30)44-34(40)21-16-25-12-8-7-9-13-25/h4,7-24H,5-6H2,1-3H3. The molecular formula is C35H32N4O6. The number of anilines is 1. The van der Waals surface area contributed by atoms with Crippen LogP contribution in [0.4, 0.5) is 22.7 Å². The number of esters is 2. The Balaban J connectivity index is 1.67. The van der Waals surface area contributed by atoms with Crippen molar-refractivity contribution in [3.8, 4) is 11.5 Å². The van der Waals surface area contributed by atoms with E-state index in [-0.39, 0.29) is 34.1 Å². The molecule has 0 spiro atoms. The van der Waals surface area contributed by atoms with E-state index in [4.69, 9.17) is 9.47 Å². The van der Waals surface area contributed by atoms with E-state index >= 15 is 0 Å². The minimum Gasteiger partial charge on any atom is -0.421 e. The van der Waals surface area contributed by atoms with E-state index < -0.39 is 16.9 Å². The Morgan fingerprint density at radius 3 is 2.13 bits per heavy atom. The van der Waals surface area contributed by atoms with Crippen LogP contribution in [0.1, 0.15) is 42.3 Å². The lowest BCUT2D eigenvalue weighted by Gasteiger charge is -2.21. The van der Waals surface area contributed by atoms with Gasteiger partial charge in [0, 0.05) is 37.0 Å². The molecule has 0 atom stereocenters. The van der Waals surface area contributed by atoms with E-state index in [1.807, 2.05) is 75.4 Å². The van der Waals surface area contributed by atoms with Crippen LogP contribution in [0.3, 0.4) is 0 Å². The summed E-state index contributed by atoms with van der Waals surface area (Å²) in [6.07, 6.45) is 6.63. The summed E-state index contributed by atoms with van der Waals surface area (Å²) in [5, 5.41) is 20.0. The van der Waals surface area contributed by atoms with Crippen molar-refractivity contribution in [1.82, 2.24) is 0 Å². The summed E-state index contributed by atoms with van der Waals surface area (Å²) in [6.45, 7) is 7.34. The zero-order valence-corrected chi connectivity index (χ0v) is 25.1. The molecule has 0 aliphatic heterocycles. The van der Waals surface area contributed by atoms with E-state index in [9.17, 15) is 19.7 Å². The molecule has 0 unspecified atom stereocenters. The van der Waals surface area contributed by atoms with E-state index in [0.29, 0.717) is 0 Å². The fourth-order valence-electron chi connectivity index (χ4n) is 4.33. The van der Waals surface area contributed by atoms with E-state index in [2.05, 4.69) is 15.1 Å². The number of azo groups is 1. The molecule has 10 heteroatoms. The molecule has 0 radical (unpaired) electrons. The number of carbonyl (C=O) groups excluding carboxylic acids is 2. The summed E-state index contributed by atoms with van der Waals surface area (Å²) in [4.78, 5) is 38.8. The first-order valence-corrected chi connectivity index (χ1v) is 14.3. The number of hydrogen-bond donors (Lipinski definition) is 0. The van der Waals surface area contributed by atoms with Gasteiger partial charge in [-0.05, 0) is 68.3 Å². The second-order valence-corrected chi connectivity index (χ2v) is 9.61. The van der Waals surface area contributed by atoms with Crippen molar-refractivity contribution in [2.75, 3.05) is 18.0 Å². The van der Waals surface area contributed by atoms with Crippen molar-refractivity contribution < 1.29 is 24.0 Å². The zero-order chi connectivity index (χ0) is 32.2. The number of ether oxygens (including phenoxy) is 2. The van der Waals surface area contributed by atoms with Crippen molar-refractivity contribution in [1.29, 1.82) is 0 Å². The molecule has 0 N–H and O–H groups in total. The molecule has 0 saturated carbocycles. The Hall–Kier alpha value is -5.90. The van der Waals surface area contributed by atoms with Crippen LogP contribution in [-0.2, 0) is 4.79 Å². The van der Waals surface area contributed by atoms with Crippen LogP contribution in [0, 0.1) is 10.1 Å². The Labute approximate surface area is 261 Å². The van der Waals surface area contributed by atoms with E-state index in [0.717, 1.165) is 36.0 Å². The summed E-state index contributed by atoms with van der Waals surface area (Å²) in [6, 6.07) is 24.9. The minimum atomic E-state index is -0.721. The molecule has 0 saturated heterocycles. The van der Waals surface area contributed by atoms with Gasteiger partial charge in [0.15, 0.2) is 11.5 Å². The topological polar surface area (TPSA) is 124 Å². The number of nitrogens with zero attached hydrogens (tertiary/aromatic N) is 4. The Kier molecular flexibility index (Phi) is 11.1. The zero-order valence-electron chi connectivity index (χ0n) is 25.1. The van der Waals surface area contributed by atoms with Crippen LogP contribution in [0.25, 0.3) is 12.2 Å². The van der Waals surface area contributed by atoms with Crippen LogP contribution in [0.15, 0.2) is 113 Å². The van der Waals surface area contributed by atoms with Crippen molar-refractivity contribution in [3.63, 3.8) is 0 Å². The number of nitro benzene ring substituents is 1. The Morgan fingerprint density at radius 2 is 1.47 bits per heavy atom. The van der Waals surface area contributed by atoms with Gasteiger partial charge in [0.1, 0.15) is 11.4 Å². The molecule has 4 rings (SSSR count). The molecule has 228 valence electrons. The summed E-state index contributed by atoms with van der Waals surface area (Å²) in [5.41, 5.74) is 2.70. The molecule has 0 aliphatic rings. The first kappa shape index (κ1) is 32.0. The maximum atomic E-state index is 13.0. The highest BCUT2D eigenvalue weighted by Crippen LogP contribution is 2.37. The number of non-ortho nitro benzene ring substituents is 1. The lowest BCUT2D eigenvalue weighted by atomic mass is 10.1. The van der Waals surface area contributed by atoms with Gasteiger partial charge in [-0.3, -0.25) is 10.1 Å². The maximum absolute atomic E-state index is 13.0. The number of hydrogen-bond acceptors (Lipinski definition) is 9. The third-order valence-electron chi connectivity index (χ3n) is 6.60. The molecule has 4 aromatic rings. The molecule has 0 fully saturated rings. The summed E-state index contributed by atoms with van der Waals surface area (Å²) in [5.74, 6) is -1.33. The second kappa shape index (κ2) is 15.5. The van der Waals surface area contributed by atoms with Gasteiger partial charge < -0.3 is 14.4 Å².